The predicted octanol–water partition coefficient (Wildman–Crippen LogP) is 4.31. The van der Waals surface area contributed by atoms with Crippen LogP contribution in [0.2, 0.25) is 5.02 Å². The molecule has 1 aliphatic heterocycles. The Morgan fingerprint density at radius 1 is 1.16 bits per heavy atom. The Labute approximate surface area is 144 Å². The Balaban J connectivity index is 2.14. The molecule has 2 heterocycles. The van der Waals surface area contributed by atoms with Gasteiger partial charge in [-0.2, -0.15) is 13.2 Å². The number of amides is 1. The zero-order valence-electron chi connectivity index (χ0n) is 12.2. The molecular weight excluding hydrogens is 359 g/mol. The second-order valence-electron chi connectivity index (χ2n) is 4.83. The minimum atomic E-state index is -5.01. The van der Waals surface area contributed by atoms with E-state index in [1.807, 2.05) is 5.92 Å². The Bertz CT molecular complexity index is 945. The first kappa shape index (κ1) is 16.8. The fraction of sp³-hybridized carbons (Fsp3) is 0.118. The van der Waals surface area contributed by atoms with Gasteiger partial charge in [-0.15, -0.1) is 0 Å². The van der Waals surface area contributed by atoms with Crippen LogP contribution in [0.4, 0.5) is 23.7 Å². The van der Waals surface area contributed by atoms with Crippen LogP contribution in [0.3, 0.4) is 0 Å². The number of furan rings is 1. The van der Waals surface area contributed by atoms with Crippen molar-refractivity contribution in [2.45, 2.75) is 11.8 Å². The summed E-state index contributed by atoms with van der Waals surface area (Å²) in [5.41, 5.74) is -3.79. The molecule has 0 saturated heterocycles. The van der Waals surface area contributed by atoms with Gasteiger partial charge < -0.3 is 9.15 Å². The Hall–Kier alpha value is -3.03. The van der Waals surface area contributed by atoms with Crippen molar-refractivity contribution >= 4 is 23.4 Å². The lowest BCUT2D eigenvalue weighted by Crippen LogP contribution is -2.49. The maximum absolute atomic E-state index is 13.8. The first-order valence-electron chi connectivity index (χ1n) is 6.76. The number of nitrogens with one attached hydrogen (secondary N) is 1. The Kier molecular flexibility index (Phi) is 4.12. The van der Waals surface area contributed by atoms with E-state index in [0.29, 0.717) is 0 Å². The standard InChI is InChI=1S/C17H7ClF3NO3/c18-13-8-3-7-12-14(13)22-15(23)25-16(12,17(19,20)21)9-2-1-5-11-6-4-10-24-11/h3-4,6-8,10H,(H,22,23)/t16-/m0/s1. The van der Waals surface area contributed by atoms with Crippen LogP contribution in [0.5, 0.6) is 0 Å². The zero-order chi connectivity index (χ0) is 18.1. The fourth-order valence-electron chi connectivity index (χ4n) is 2.20. The van der Waals surface area contributed by atoms with Crippen LogP contribution in [0.1, 0.15) is 11.3 Å². The third kappa shape index (κ3) is 3.02. The SMILES string of the molecule is O=C1Nc2c(Cl)cccc2[C@@](C#CC#Cc2ccco2)(C(F)(F)F)O1. The summed E-state index contributed by atoms with van der Waals surface area (Å²) < 4.78 is 50.8. The van der Waals surface area contributed by atoms with Crippen molar-refractivity contribution in [2.24, 2.45) is 0 Å². The van der Waals surface area contributed by atoms with E-state index in [1.54, 1.807) is 6.07 Å². The van der Waals surface area contributed by atoms with Gasteiger partial charge in [-0.1, -0.05) is 23.7 Å². The van der Waals surface area contributed by atoms with E-state index in [2.05, 4.69) is 27.8 Å². The molecule has 1 aromatic heterocycles. The normalized spacial score (nSPS) is 18.6. The van der Waals surface area contributed by atoms with Crippen LogP contribution in [-0.2, 0) is 10.3 Å². The molecule has 0 bridgehead atoms. The first-order valence-corrected chi connectivity index (χ1v) is 7.14. The number of ether oxygens (including phenoxy) is 1. The molecule has 1 atom stereocenters. The lowest BCUT2D eigenvalue weighted by Gasteiger charge is -2.35. The molecule has 1 amide bonds. The van der Waals surface area contributed by atoms with Crippen molar-refractivity contribution in [3.8, 4) is 23.7 Å². The number of hydrogen-bond acceptors (Lipinski definition) is 3. The molecule has 126 valence electrons. The van der Waals surface area contributed by atoms with Gasteiger partial charge >= 0.3 is 12.3 Å². The second-order valence-corrected chi connectivity index (χ2v) is 5.24. The van der Waals surface area contributed by atoms with E-state index in [-0.39, 0.29) is 16.5 Å². The molecule has 0 aliphatic carbocycles. The summed E-state index contributed by atoms with van der Waals surface area (Å²) in [6, 6.07) is 6.87. The maximum Gasteiger partial charge on any atom is 0.445 e. The van der Waals surface area contributed by atoms with Crippen molar-refractivity contribution in [1.29, 1.82) is 0 Å². The van der Waals surface area contributed by atoms with Crippen molar-refractivity contribution in [3.05, 3.63) is 52.9 Å². The number of cyclic esters (lactones) is 1. The third-order valence-corrected chi connectivity index (χ3v) is 3.59. The molecule has 0 saturated carbocycles. The van der Waals surface area contributed by atoms with Crippen LogP contribution in [0, 0.1) is 23.7 Å². The predicted molar refractivity (Wildman–Crippen MR) is 82.7 cm³/mol. The highest BCUT2D eigenvalue weighted by Crippen LogP contribution is 2.48. The van der Waals surface area contributed by atoms with Gasteiger partial charge in [0.25, 0.3) is 5.60 Å². The summed E-state index contributed by atoms with van der Waals surface area (Å²) in [7, 11) is 0. The van der Waals surface area contributed by atoms with Crippen LogP contribution >= 0.6 is 11.6 Å². The number of para-hydroxylation sites is 1. The molecule has 0 spiro atoms. The van der Waals surface area contributed by atoms with Gasteiger partial charge in [0.05, 0.1) is 17.0 Å². The number of anilines is 1. The van der Waals surface area contributed by atoms with Gasteiger partial charge in [0, 0.05) is 5.56 Å². The lowest BCUT2D eigenvalue weighted by atomic mass is 9.90. The van der Waals surface area contributed by atoms with Crippen LogP contribution < -0.4 is 5.32 Å². The highest BCUT2D eigenvalue weighted by Gasteiger charge is 2.62. The smallest absolute Gasteiger partial charge is 0.445 e. The highest BCUT2D eigenvalue weighted by atomic mass is 35.5. The molecule has 1 aliphatic rings. The number of hydrogen-bond donors (Lipinski definition) is 1. The monoisotopic (exact) mass is 365 g/mol. The number of benzene rings is 1. The van der Waals surface area contributed by atoms with E-state index in [4.69, 9.17) is 16.0 Å². The number of alkyl halides is 3. The lowest BCUT2D eigenvalue weighted by molar-refractivity contribution is -0.239. The van der Waals surface area contributed by atoms with Gasteiger partial charge in [0.2, 0.25) is 0 Å². The highest BCUT2D eigenvalue weighted by molar-refractivity contribution is 6.34. The summed E-state index contributed by atoms with van der Waals surface area (Å²) in [4.78, 5) is 11.6. The largest absolute Gasteiger partial charge is 0.456 e. The Morgan fingerprint density at radius 3 is 2.64 bits per heavy atom. The molecule has 4 nitrogen and oxygen atoms in total. The second kappa shape index (κ2) is 6.12. The molecular formula is C17H7ClF3NO3. The molecule has 2 aromatic rings. The quantitative estimate of drug-likeness (QED) is 0.708. The first-order chi connectivity index (χ1) is 11.8. The third-order valence-electron chi connectivity index (χ3n) is 3.27. The summed E-state index contributed by atoms with van der Waals surface area (Å²) in [5, 5.41) is 2.09. The van der Waals surface area contributed by atoms with Crippen LogP contribution in [-0.4, -0.2) is 12.3 Å². The molecule has 0 fully saturated rings. The van der Waals surface area contributed by atoms with Crippen molar-refractivity contribution < 1.29 is 27.1 Å². The summed E-state index contributed by atoms with van der Waals surface area (Å²) in [6.45, 7) is 0. The molecule has 0 unspecified atom stereocenters. The van der Waals surface area contributed by atoms with E-state index in [9.17, 15) is 18.0 Å². The van der Waals surface area contributed by atoms with Gasteiger partial charge in [-0.25, -0.2) is 4.79 Å². The van der Waals surface area contributed by atoms with Crippen molar-refractivity contribution in [1.82, 2.24) is 0 Å². The Morgan fingerprint density at radius 2 is 1.96 bits per heavy atom. The number of carbonyl (C=O) groups excluding carboxylic acids is 1. The topological polar surface area (TPSA) is 51.5 Å². The molecule has 0 radical (unpaired) electrons. The summed E-state index contributed by atoms with van der Waals surface area (Å²) in [5.74, 6) is 8.92. The van der Waals surface area contributed by atoms with Crippen LogP contribution in [0.15, 0.2) is 41.0 Å². The van der Waals surface area contributed by atoms with E-state index in [1.165, 1.54) is 24.5 Å². The van der Waals surface area contributed by atoms with E-state index < -0.39 is 23.4 Å². The van der Waals surface area contributed by atoms with Gasteiger partial charge in [-0.3, -0.25) is 5.32 Å². The van der Waals surface area contributed by atoms with Gasteiger partial charge in [0.1, 0.15) is 0 Å². The zero-order valence-corrected chi connectivity index (χ0v) is 13.0. The molecule has 3 rings (SSSR count). The minimum absolute atomic E-state index is 0.0637. The molecule has 25 heavy (non-hydrogen) atoms. The van der Waals surface area contributed by atoms with E-state index in [0.717, 1.165) is 6.07 Å². The van der Waals surface area contributed by atoms with E-state index >= 15 is 0 Å². The minimum Gasteiger partial charge on any atom is -0.456 e. The summed E-state index contributed by atoms with van der Waals surface area (Å²) >= 11 is 5.89. The number of fused-ring (bicyclic) bond motifs is 1. The average Bonchev–Trinajstić information content (AvgIpc) is 3.04. The maximum atomic E-state index is 13.8. The van der Waals surface area contributed by atoms with Gasteiger partial charge in [0.15, 0.2) is 5.76 Å². The number of rotatable bonds is 0. The fourth-order valence-corrected chi connectivity index (χ4v) is 2.42. The molecule has 1 aromatic carbocycles. The summed E-state index contributed by atoms with van der Waals surface area (Å²) in [6.07, 6.45) is -4.96. The molecule has 1 N–H and O–H groups in total. The van der Waals surface area contributed by atoms with Crippen molar-refractivity contribution in [3.63, 3.8) is 0 Å². The average molecular weight is 366 g/mol. The number of halogens is 4. The van der Waals surface area contributed by atoms with Crippen molar-refractivity contribution in [2.75, 3.05) is 5.32 Å². The van der Waals surface area contributed by atoms with Gasteiger partial charge in [-0.05, 0) is 41.9 Å². The number of carbonyl (C=O) groups is 1. The van der Waals surface area contributed by atoms with Crippen LogP contribution in [0.25, 0.3) is 0 Å². The molecule has 8 heteroatoms.